The van der Waals surface area contributed by atoms with Crippen LogP contribution in [0.4, 0.5) is 0 Å². The summed E-state index contributed by atoms with van der Waals surface area (Å²) in [6.45, 7) is 1.73. The second-order valence-corrected chi connectivity index (χ2v) is 6.31. The van der Waals surface area contributed by atoms with Crippen LogP contribution in [0.1, 0.15) is 48.2 Å². The van der Waals surface area contributed by atoms with Gasteiger partial charge in [-0.15, -0.1) is 0 Å². The van der Waals surface area contributed by atoms with Crippen molar-refractivity contribution in [1.82, 2.24) is 0 Å². The molecule has 1 aliphatic carbocycles. The minimum Gasteiger partial charge on any atom is -0.504 e. The monoisotopic (exact) mass is 322 g/mol. The summed E-state index contributed by atoms with van der Waals surface area (Å²) in [6.07, 6.45) is 0.799. The van der Waals surface area contributed by atoms with Crippen molar-refractivity contribution >= 4 is 5.78 Å². The van der Waals surface area contributed by atoms with Gasteiger partial charge in [-0.1, -0.05) is 0 Å². The number of rotatable bonds is 4. The summed E-state index contributed by atoms with van der Waals surface area (Å²) in [5, 5.41) is 20.0. The van der Waals surface area contributed by atoms with Crippen LogP contribution in [-0.4, -0.2) is 42.4 Å². The molecular formula is C17H22O6. The van der Waals surface area contributed by atoms with Gasteiger partial charge in [-0.25, -0.2) is 0 Å². The van der Waals surface area contributed by atoms with Crippen LogP contribution in [0.3, 0.4) is 0 Å². The van der Waals surface area contributed by atoms with Gasteiger partial charge in [0.25, 0.3) is 0 Å². The molecule has 6 nitrogen and oxygen atoms in total. The van der Waals surface area contributed by atoms with Gasteiger partial charge in [0.2, 0.25) is 5.75 Å². The molecule has 2 N–H and O–H groups in total. The van der Waals surface area contributed by atoms with Crippen LogP contribution in [0.2, 0.25) is 0 Å². The first-order chi connectivity index (χ1) is 11.0. The lowest BCUT2D eigenvalue weighted by Crippen LogP contribution is -2.22. The van der Waals surface area contributed by atoms with E-state index in [9.17, 15) is 15.0 Å². The van der Waals surface area contributed by atoms with Crippen molar-refractivity contribution < 1.29 is 29.2 Å². The number of aliphatic hydroxyl groups is 1. The molecule has 0 saturated carbocycles. The summed E-state index contributed by atoms with van der Waals surface area (Å²) in [6, 6.07) is 1.72. The number of carbonyl (C=O) groups is 1. The lowest BCUT2D eigenvalue weighted by molar-refractivity contribution is 0.00537. The third-order valence-corrected chi connectivity index (χ3v) is 4.64. The Labute approximate surface area is 135 Å². The Balaban J connectivity index is 2.03. The van der Waals surface area contributed by atoms with E-state index in [4.69, 9.17) is 14.2 Å². The number of aromatic hydroxyl groups is 1. The van der Waals surface area contributed by atoms with Crippen molar-refractivity contribution in [3.63, 3.8) is 0 Å². The number of benzene rings is 1. The van der Waals surface area contributed by atoms with E-state index >= 15 is 0 Å². The van der Waals surface area contributed by atoms with E-state index in [-0.39, 0.29) is 41.0 Å². The molecule has 0 amide bonds. The fourth-order valence-corrected chi connectivity index (χ4v) is 3.74. The number of Topliss-reactive ketones (excluding diaryl/α,β-unsaturated/α-hetero) is 1. The second-order valence-electron chi connectivity index (χ2n) is 6.31. The zero-order valence-corrected chi connectivity index (χ0v) is 13.5. The van der Waals surface area contributed by atoms with Crippen LogP contribution in [0.25, 0.3) is 0 Å². The van der Waals surface area contributed by atoms with Gasteiger partial charge in [0, 0.05) is 6.42 Å². The summed E-state index contributed by atoms with van der Waals surface area (Å²) < 4.78 is 16.5. The number of aliphatic hydroxyl groups excluding tert-OH is 1. The van der Waals surface area contributed by atoms with Crippen molar-refractivity contribution in [3.05, 3.63) is 17.2 Å². The zero-order chi connectivity index (χ0) is 16.7. The average Bonchev–Trinajstić information content (AvgIpc) is 2.87. The van der Waals surface area contributed by atoms with Crippen LogP contribution in [0.5, 0.6) is 17.2 Å². The van der Waals surface area contributed by atoms with Gasteiger partial charge < -0.3 is 24.4 Å². The van der Waals surface area contributed by atoms with E-state index in [0.29, 0.717) is 24.2 Å². The highest BCUT2D eigenvalue weighted by Gasteiger charge is 2.44. The van der Waals surface area contributed by atoms with Crippen LogP contribution >= 0.6 is 0 Å². The summed E-state index contributed by atoms with van der Waals surface area (Å²) in [5.74, 6) is 0.307. The largest absolute Gasteiger partial charge is 0.504 e. The van der Waals surface area contributed by atoms with Crippen molar-refractivity contribution in [2.45, 2.75) is 44.5 Å². The van der Waals surface area contributed by atoms with Crippen LogP contribution < -0.4 is 9.47 Å². The zero-order valence-electron chi connectivity index (χ0n) is 13.5. The number of methoxy groups -OCH3 is 2. The molecule has 0 spiro atoms. The molecule has 0 radical (unpaired) electrons. The smallest absolute Gasteiger partial charge is 0.203 e. The second kappa shape index (κ2) is 6.02. The molecule has 1 aromatic rings. The molecule has 0 bridgehead atoms. The molecule has 126 valence electrons. The van der Waals surface area contributed by atoms with Crippen LogP contribution in [0, 0.1) is 5.92 Å². The molecule has 1 fully saturated rings. The van der Waals surface area contributed by atoms with Crippen molar-refractivity contribution in [2.24, 2.45) is 5.92 Å². The van der Waals surface area contributed by atoms with Gasteiger partial charge in [0.15, 0.2) is 17.3 Å². The molecule has 1 saturated heterocycles. The summed E-state index contributed by atoms with van der Waals surface area (Å²) in [4.78, 5) is 12.5. The van der Waals surface area contributed by atoms with Crippen LogP contribution in [0.15, 0.2) is 6.07 Å². The van der Waals surface area contributed by atoms with Crippen molar-refractivity contribution in [1.29, 1.82) is 0 Å². The maximum absolute atomic E-state index is 12.5. The fraction of sp³-hybridized carbons (Fsp3) is 0.588. The molecule has 3 rings (SSSR count). The fourth-order valence-electron chi connectivity index (χ4n) is 3.74. The topological polar surface area (TPSA) is 85.2 Å². The Bertz CT molecular complexity index is 624. The van der Waals surface area contributed by atoms with Gasteiger partial charge in [-0.05, 0) is 37.3 Å². The highest BCUT2D eigenvalue weighted by Crippen LogP contribution is 2.52. The van der Waals surface area contributed by atoms with Crippen LogP contribution in [-0.2, 0) is 4.74 Å². The van der Waals surface area contributed by atoms with Gasteiger partial charge in [0.05, 0.1) is 38.1 Å². The predicted molar refractivity (Wildman–Crippen MR) is 82.2 cm³/mol. The summed E-state index contributed by atoms with van der Waals surface area (Å²) in [7, 11) is 2.91. The number of fused-ring (bicyclic) bond motifs is 3. The van der Waals surface area contributed by atoms with Gasteiger partial charge in [-0.2, -0.15) is 0 Å². The molecule has 2 unspecified atom stereocenters. The first-order valence-electron chi connectivity index (χ1n) is 7.80. The number of carbonyl (C=O) groups excluding carboxylic acids is 1. The first-order valence-corrected chi connectivity index (χ1v) is 7.80. The average molecular weight is 322 g/mol. The summed E-state index contributed by atoms with van der Waals surface area (Å²) >= 11 is 0. The summed E-state index contributed by atoms with van der Waals surface area (Å²) in [5.41, 5.74) is 0.913. The van der Waals surface area contributed by atoms with Crippen molar-refractivity contribution in [3.8, 4) is 17.2 Å². The number of ether oxygens (including phenoxy) is 3. The van der Waals surface area contributed by atoms with E-state index < -0.39 is 6.10 Å². The molecule has 1 aliphatic heterocycles. The highest BCUT2D eigenvalue weighted by atomic mass is 16.5. The maximum atomic E-state index is 12.5. The van der Waals surface area contributed by atoms with E-state index in [0.717, 1.165) is 6.42 Å². The van der Waals surface area contributed by atoms with E-state index in [1.54, 1.807) is 13.0 Å². The molecule has 2 aliphatic rings. The Morgan fingerprint density at radius 2 is 2.13 bits per heavy atom. The normalized spacial score (nSPS) is 27.3. The first kappa shape index (κ1) is 16.1. The molecule has 1 aromatic carbocycles. The van der Waals surface area contributed by atoms with Crippen molar-refractivity contribution in [2.75, 3.05) is 14.2 Å². The molecule has 0 aromatic heterocycles. The van der Waals surface area contributed by atoms with Gasteiger partial charge in [0.1, 0.15) is 0 Å². The van der Waals surface area contributed by atoms with Gasteiger partial charge in [-0.3, -0.25) is 4.79 Å². The minimum atomic E-state index is -0.450. The molecule has 23 heavy (non-hydrogen) atoms. The SMILES string of the molecule is COc1cc2c(c(O)c1OC)C(=O)CC1C[C@H](CC(C)O)O[C@H]21. The Morgan fingerprint density at radius 1 is 1.39 bits per heavy atom. The lowest BCUT2D eigenvalue weighted by Gasteiger charge is -2.28. The van der Waals surface area contributed by atoms with E-state index in [1.165, 1.54) is 14.2 Å². The third-order valence-electron chi connectivity index (χ3n) is 4.64. The number of phenolic OH excluding ortho intramolecular Hbond substituents is 1. The minimum absolute atomic E-state index is 0.0660. The maximum Gasteiger partial charge on any atom is 0.203 e. The number of ketones is 1. The number of hydrogen-bond acceptors (Lipinski definition) is 6. The number of hydrogen-bond donors (Lipinski definition) is 2. The Hall–Kier alpha value is -1.79. The number of phenols is 1. The third kappa shape index (κ3) is 2.66. The van der Waals surface area contributed by atoms with E-state index in [2.05, 4.69) is 0 Å². The Kier molecular flexibility index (Phi) is 4.21. The molecule has 4 atom stereocenters. The Morgan fingerprint density at radius 3 is 2.74 bits per heavy atom. The lowest BCUT2D eigenvalue weighted by atomic mass is 9.79. The quantitative estimate of drug-likeness (QED) is 0.884. The van der Waals surface area contributed by atoms with E-state index in [1.807, 2.05) is 0 Å². The highest BCUT2D eigenvalue weighted by molar-refractivity contribution is 6.02. The van der Waals surface area contributed by atoms with Gasteiger partial charge >= 0.3 is 0 Å². The molecule has 1 heterocycles. The standard InChI is InChI=1S/C17H22O6/c1-8(18)4-10-5-9-6-12(19)14-11(16(9)23-10)7-13(21-2)17(22-3)15(14)20/h7-10,16,18,20H,4-6H2,1-3H3/t8?,9?,10-,16-/m0/s1. The molecule has 6 heteroatoms. The predicted octanol–water partition coefficient (Wildman–Crippen LogP) is 2.21. The molecular weight excluding hydrogens is 300 g/mol.